The lowest BCUT2D eigenvalue weighted by atomic mass is 10.1. The van der Waals surface area contributed by atoms with Crippen LogP contribution in [0.1, 0.15) is 17.9 Å². The van der Waals surface area contributed by atoms with Crippen molar-refractivity contribution in [2.75, 3.05) is 0 Å². The third kappa shape index (κ3) is 2.03. The molecule has 0 fully saturated rings. The molecule has 0 nitrogen and oxygen atoms in total. The third-order valence-corrected chi connectivity index (χ3v) is 2.29. The van der Waals surface area contributed by atoms with E-state index in [4.69, 9.17) is 34.8 Å². The minimum Gasteiger partial charge on any atom is -0.207 e. The van der Waals surface area contributed by atoms with E-state index in [1.807, 2.05) is 0 Å². The van der Waals surface area contributed by atoms with E-state index in [1.54, 1.807) is 6.92 Å². The molecular formula is C8H6Cl3F. The molecule has 12 heavy (non-hydrogen) atoms. The highest BCUT2D eigenvalue weighted by Gasteiger charge is 2.12. The molecule has 0 heterocycles. The van der Waals surface area contributed by atoms with Gasteiger partial charge in [-0.05, 0) is 19.1 Å². The highest BCUT2D eigenvalue weighted by Crippen LogP contribution is 2.34. The van der Waals surface area contributed by atoms with Crippen molar-refractivity contribution in [3.05, 3.63) is 33.6 Å². The lowest BCUT2D eigenvalue weighted by molar-refractivity contribution is 0.627. The molecule has 0 aliphatic heterocycles. The summed E-state index contributed by atoms with van der Waals surface area (Å²) in [5, 5.41) is 0.218. The Morgan fingerprint density at radius 2 is 1.67 bits per heavy atom. The molecule has 0 amide bonds. The highest BCUT2D eigenvalue weighted by atomic mass is 35.5. The Kier molecular flexibility index (Phi) is 3.22. The summed E-state index contributed by atoms with van der Waals surface area (Å²) in [4.78, 5) is 0. The topological polar surface area (TPSA) is 0 Å². The van der Waals surface area contributed by atoms with E-state index in [0.717, 1.165) is 0 Å². The van der Waals surface area contributed by atoms with Gasteiger partial charge < -0.3 is 0 Å². The first-order valence-electron chi connectivity index (χ1n) is 3.31. The molecule has 0 aromatic heterocycles. The highest BCUT2D eigenvalue weighted by molar-refractivity contribution is 6.37. The van der Waals surface area contributed by atoms with E-state index >= 15 is 0 Å². The molecule has 1 rings (SSSR count). The smallest absolute Gasteiger partial charge is 0.126 e. The van der Waals surface area contributed by atoms with Gasteiger partial charge in [-0.3, -0.25) is 0 Å². The van der Waals surface area contributed by atoms with Crippen LogP contribution in [0.5, 0.6) is 0 Å². The van der Waals surface area contributed by atoms with Crippen molar-refractivity contribution >= 4 is 34.8 Å². The van der Waals surface area contributed by atoms with Crippen LogP contribution in [0.15, 0.2) is 12.1 Å². The zero-order valence-electron chi connectivity index (χ0n) is 6.24. The molecule has 66 valence electrons. The molecule has 0 radical (unpaired) electrons. The molecule has 4 heteroatoms. The van der Waals surface area contributed by atoms with Gasteiger partial charge in [0.25, 0.3) is 0 Å². The van der Waals surface area contributed by atoms with Crippen LogP contribution in [0.4, 0.5) is 4.39 Å². The van der Waals surface area contributed by atoms with E-state index < -0.39 is 5.82 Å². The van der Waals surface area contributed by atoms with Crippen molar-refractivity contribution in [1.29, 1.82) is 0 Å². The molecule has 1 aromatic rings. The van der Waals surface area contributed by atoms with E-state index in [9.17, 15) is 4.39 Å². The van der Waals surface area contributed by atoms with Crippen LogP contribution in [-0.4, -0.2) is 0 Å². The number of alkyl halides is 1. The second kappa shape index (κ2) is 3.82. The van der Waals surface area contributed by atoms with Gasteiger partial charge >= 0.3 is 0 Å². The first-order chi connectivity index (χ1) is 5.52. The van der Waals surface area contributed by atoms with Crippen LogP contribution < -0.4 is 0 Å². The van der Waals surface area contributed by atoms with Gasteiger partial charge in [-0.25, -0.2) is 4.39 Å². The molecule has 1 unspecified atom stereocenters. The van der Waals surface area contributed by atoms with Crippen molar-refractivity contribution in [3.63, 3.8) is 0 Å². The Hall–Kier alpha value is 0.0200. The molecule has 1 aromatic carbocycles. The van der Waals surface area contributed by atoms with Crippen LogP contribution in [0.3, 0.4) is 0 Å². The zero-order chi connectivity index (χ0) is 9.30. The van der Waals surface area contributed by atoms with E-state index in [2.05, 4.69) is 0 Å². The maximum Gasteiger partial charge on any atom is 0.126 e. The van der Waals surface area contributed by atoms with Gasteiger partial charge in [-0.15, -0.1) is 11.6 Å². The van der Waals surface area contributed by atoms with Crippen molar-refractivity contribution in [3.8, 4) is 0 Å². The Balaban J connectivity index is 3.28. The minimum absolute atomic E-state index is 0.266. The average molecular weight is 227 g/mol. The van der Waals surface area contributed by atoms with Crippen molar-refractivity contribution in [1.82, 2.24) is 0 Å². The summed E-state index contributed by atoms with van der Waals surface area (Å²) in [6, 6.07) is 2.39. The summed E-state index contributed by atoms with van der Waals surface area (Å²) < 4.78 is 12.7. The molecule has 0 saturated heterocycles. The Morgan fingerprint density at radius 3 is 2.00 bits per heavy atom. The fraction of sp³-hybridized carbons (Fsp3) is 0.250. The summed E-state index contributed by atoms with van der Waals surface area (Å²) in [6.45, 7) is 1.73. The quantitative estimate of drug-likeness (QED) is 0.623. The normalized spacial score (nSPS) is 13.1. The van der Waals surface area contributed by atoms with E-state index in [-0.39, 0.29) is 15.4 Å². The molecule has 0 spiro atoms. The molecule has 0 N–H and O–H groups in total. The van der Waals surface area contributed by atoms with Crippen LogP contribution in [0.25, 0.3) is 0 Å². The van der Waals surface area contributed by atoms with Crippen LogP contribution in [-0.2, 0) is 0 Å². The second-order valence-corrected chi connectivity index (χ2v) is 3.87. The minimum atomic E-state index is -0.453. The standard InChI is InChI=1S/C8H6Cl3F/c1-4(9)8-6(10)2-5(12)3-7(8)11/h2-4H,1H3. The largest absolute Gasteiger partial charge is 0.207 e. The summed E-state index contributed by atoms with van der Waals surface area (Å²) in [5.74, 6) is -0.453. The van der Waals surface area contributed by atoms with Crippen LogP contribution in [0, 0.1) is 5.82 Å². The van der Waals surface area contributed by atoms with Crippen LogP contribution in [0.2, 0.25) is 10.0 Å². The number of hydrogen-bond acceptors (Lipinski definition) is 0. The van der Waals surface area contributed by atoms with Gasteiger partial charge in [-0.2, -0.15) is 0 Å². The number of benzene rings is 1. The zero-order valence-corrected chi connectivity index (χ0v) is 8.51. The Bertz CT molecular complexity index is 273. The molecule has 0 aliphatic carbocycles. The molecular weight excluding hydrogens is 221 g/mol. The predicted molar refractivity (Wildman–Crippen MR) is 50.7 cm³/mol. The predicted octanol–water partition coefficient (Wildman–Crippen LogP) is 4.43. The lowest BCUT2D eigenvalue weighted by Gasteiger charge is -2.08. The number of halogens is 4. The van der Waals surface area contributed by atoms with Gasteiger partial charge in [0.05, 0.1) is 5.38 Å². The van der Waals surface area contributed by atoms with Gasteiger partial charge in [-0.1, -0.05) is 23.2 Å². The van der Waals surface area contributed by atoms with Gasteiger partial charge in [0.15, 0.2) is 0 Å². The summed E-state index contributed by atoms with van der Waals surface area (Å²) in [7, 11) is 0. The van der Waals surface area contributed by atoms with Crippen molar-refractivity contribution < 1.29 is 4.39 Å². The fourth-order valence-corrected chi connectivity index (χ4v) is 2.07. The Labute approximate surface area is 85.2 Å². The average Bonchev–Trinajstić information content (AvgIpc) is 1.82. The van der Waals surface area contributed by atoms with Crippen LogP contribution >= 0.6 is 34.8 Å². The summed E-state index contributed by atoms with van der Waals surface area (Å²) in [6.07, 6.45) is 0. The van der Waals surface area contributed by atoms with Gasteiger partial charge in [0.1, 0.15) is 5.82 Å². The van der Waals surface area contributed by atoms with E-state index in [1.165, 1.54) is 12.1 Å². The maximum atomic E-state index is 12.7. The summed E-state index contributed by atoms with van der Waals surface area (Å²) >= 11 is 17.2. The molecule has 0 bridgehead atoms. The monoisotopic (exact) mass is 226 g/mol. The first-order valence-corrected chi connectivity index (χ1v) is 4.50. The lowest BCUT2D eigenvalue weighted by Crippen LogP contribution is -1.89. The second-order valence-electron chi connectivity index (χ2n) is 2.40. The number of rotatable bonds is 1. The first kappa shape index (κ1) is 10.1. The fourth-order valence-electron chi connectivity index (χ4n) is 0.933. The summed E-state index contributed by atoms with van der Waals surface area (Å²) in [5.41, 5.74) is 0.571. The number of hydrogen-bond donors (Lipinski definition) is 0. The SMILES string of the molecule is CC(Cl)c1c(Cl)cc(F)cc1Cl. The van der Waals surface area contributed by atoms with Crippen molar-refractivity contribution in [2.24, 2.45) is 0 Å². The van der Waals surface area contributed by atoms with E-state index in [0.29, 0.717) is 5.56 Å². The molecule has 0 saturated carbocycles. The van der Waals surface area contributed by atoms with Gasteiger partial charge in [0, 0.05) is 15.6 Å². The molecule has 1 atom stereocenters. The third-order valence-electron chi connectivity index (χ3n) is 1.44. The Morgan fingerprint density at radius 1 is 1.25 bits per heavy atom. The maximum absolute atomic E-state index is 12.7. The van der Waals surface area contributed by atoms with Gasteiger partial charge in [0.2, 0.25) is 0 Å². The molecule has 0 aliphatic rings. The van der Waals surface area contributed by atoms with Crippen molar-refractivity contribution in [2.45, 2.75) is 12.3 Å².